The number of carbonyl (C=O) groups excluding carboxylic acids is 1. The summed E-state index contributed by atoms with van der Waals surface area (Å²) in [5.41, 5.74) is -0.458. The number of esters is 1. The molecule has 0 aromatic rings. The van der Waals surface area contributed by atoms with Gasteiger partial charge in [-0.25, -0.2) is 0 Å². The van der Waals surface area contributed by atoms with E-state index in [4.69, 9.17) is 9.84 Å². The summed E-state index contributed by atoms with van der Waals surface area (Å²) in [5.74, 6) is -0.547. The van der Waals surface area contributed by atoms with Crippen molar-refractivity contribution in [2.45, 2.75) is 72.3 Å². The average molecular weight is 272 g/mol. The van der Waals surface area contributed by atoms with Crippen molar-refractivity contribution in [3.8, 4) is 0 Å². The summed E-state index contributed by atoms with van der Waals surface area (Å²) in [5, 5.41) is 8.60. The molecule has 1 N–H and O–H groups in total. The van der Waals surface area contributed by atoms with Gasteiger partial charge in [0, 0.05) is 0 Å². The minimum Gasteiger partial charge on any atom is -0.481 e. The number of aliphatic carboxylic acids is 1. The Kier molecular flexibility index (Phi) is 7.72. The van der Waals surface area contributed by atoms with Gasteiger partial charge in [-0.2, -0.15) is 0 Å². The van der Waals surface area contributed by atoms with Crippen LogP contribution in [-0.4, -0.2) is 22.6 Å². The Morgan fingerprint density at radius 1 is 1.11 bits per heavy atom. The highest BCUT2D eigenvalue weighted by Crippen LogP contribution is 2.34. The number of carbonyl (C=O) groups is 2. The monoisotopic (exact) mass is 272 g/mol. The topological polar surface area (TPSA) is 63.6 Å². The first-order valence-electron chi connectivity index (χ1n) is 7.21. The predicted octanol–water partition coefficient (Wildman–Crippen LogP) is 3.64. The number of ether oxygens (including phenoxy) is 1. The minimum absolute atomic E-state index is 0.0501. The van der Waals surface area contributed by atoms with Crippen LogP contribution in [0.1, 0.15) is 66.7 Å². The summed E-state index contributed by atoms with van der Waals surface area (Å²) in [6.07, 6.45) is 2.30. The molecule has 0 aromatic heterocycles. The Bertz CT molecular complexity index is 293. The van der Waals surface area contributed by atoms with Crippen LogP contribution in [0.25, 0.3) is 0 Å². The smallest absolute Gasteiger partial charge is 0.306 e. The Morgan fingerprint density at radius 2 is 1.63 bits per heavy atom. The SMILES string of the molecule is CCC(CC)(OC(=O)CCC(=O)O)C(C)CC(C)C. The molecule has 4 nitrogen and oxygen atoms in total. The van der Waals surface area contributed by atoms with Crippen LogP contribution in [0.4, 0.5) is 0 Å². The van der Waals surface area contributed by atoms with Gasteiger partial charge >= 0.3 is 11.9 Å². The van der Waals surface area contributed by atoms with Crippen LogP contribution < -0.4 is 0 Å². The Balaban J connectivity index is 4.69. The van der Waals surface area contributed by atoms with Crippen molar-refractivity contribution in [2.75, 3.05) is 0 Å². The Labute approximate surface area is 116 Å². The number of hydrogen-bond acceptors (Lipinski definition) is 3. The molecule has 0 radical (unpaired) electrons. The fourth-order valence-corrected chi connectivity index (χ4v) is 2.60. The summed E-state index contributed by atoms with van der Waals surface area (Å²) >= 11 is 0. The lowest BCUT2D eigenvalue weighted by Gasteiger charge is -2.38. The molecule has 0 fully saturated rings. The molecule has 0 aromatic carbocycles. The van der Waals surface area contributed by atoms with E-state index in [1.165, 1.54) is 0 Å². The van der Waals surface area contributed by atoms with Crippen molar-refractivity contribution in [1.82, 2.24) is 0 Å². The quantitative estimate of drug-likeness (QED) is 0.651. The minimum atomic E-state index is -0.967. The highest BCUT2D eigenvalue weighted by atomic mass is 16.6. The molecule has 0 rings (SSSR count). The van der Waals surface area contributed by atoms with Crippen LogP contribution >= 0.6 is 0 Å². The highest BCUT2D eigenvalue weighted by Gasteiger charge is 2.36. The second-order valence-corrected chi connectivity index (χ2v) is 5.67. The number of rotatable bonds is 9. The second kappa shape index (κ2) is 8.18. The van der Waals surface area contributed by atoms with Crippen molar-refractivity contribution in [1.29, 1.82) is 0 Å². The largest absolute Gasteiger partial charge is 0.481 e. The molecule has 0 aliphatic rings. The standard InChI is InChI=1S/C15H28O4/c1-6-15(7-2,12(5)10-11(3)4)19-14(18)9-8-13(16)17/h11-12H,6-10H2,1-5H3,(H,16,17). The molecule has 19 heavy (non-hydrogen) atoms. The van der Waals surface area contributed by atoms with Crippen LogP contribution in [0.3, 0.4) is 0 Å². The molecule has 0 spiro atoms. The van der Waals surface area contributed by atoms with Gasteiger partial charge in [0.15, 0.2) is 0 Å². The molecule has 1 unspecified atom stereocenters. The van der Waals surface area contributed by atoms with Gasteiger partial charge in [0.05, 0.1) is 12.8 Å². The van der Waals surface area contributed by atoms with Crippen LogP contribution in [0.2, 0.25) is 0 Å². The van der Waals surface area contributed by atoms with Crippen molar-refractivity contribution in [3.05, 3.63) is 0 Å². The molecular formula is C15H28O4. The predicted molar refractivity (Wildman–Crippen MR) is 74.9 cm³/mol. The zero-order valence-electron chi connectivity index (χ0n) is 12.9. The van der Waals surface area contributed by atoms with E-state index in [-0.39, 0.29) is 18.8 Å². The number of hydrogen-bond donors (Lipinski definition) is 1. The van der Waals surface area contributed by atoms with Gasteiger partial charge in [0.2, 0.25) is 0 Å². The van der Waals surface area contributed by atoms with Gasteiger partial charge in [-0.1, -0.05) is 34.6 Å². The molecule has 0 aliphatic carbocycles. The first-order valence-corrected chi connectivity index (χ1v) is 7.21. The van der Waals surface area contributed by atoms with E-state index in [2.05, 4.69) is 20.8 Å². The lowest BCUT2D eigenvalue weighted by atomic mass is 9.79. The molecule has 0 heterocycles. The van der Waals surface area contributed by atoms with Crippen LogP contribution in [0.15, 0.2) is 0 Å². The Hall–Kier alpha value is -1.06. The lowest BCUT2D eigenvalue weighted by Crippen LogP contribution is -2.41. The van der Waals surface area contributed by atoms with Gasteiger partial charge in [0.1, 0.15) is 5.60 Å². The summed E-state index contributed by atoms with van der Waals surface area (Å²) in [7, 11) is 0. The fraction of sp³-hybridized carbons (Fsp3) is 0.867. The molecule has 4 heteroatoms. The first-order chi connectivity index (χ1) is 8.77. The van der Waals surface area contributed by atoms with E-state index < -0.39 is 17.5 Å². The van der Waals surface area contributed by atoms with E-state index in [1.54, 1.807) is 0 Å². The van der Waals surface area contributed by atoms with E-state index in [0.717, 1.165) is 19.3 Å². The maximum Gasteiger partial charge on any atom is 0.306 e. The summed E-state index contributed by atoms with van der Waals surface area (Å²) in [6.45, 7) is 10.4. The summed E-state index contributed by atoms with van der Waals surface area (Å²) in [4.78, 5) is 22.3. The normalized spacial score (nSPS) is 13.4. The maximum atomic E-state index is 11.8. The van der Waals surface area contributed by atoms with Crippen LogP contribution in [-0.2, 0) is 14.3 Å². The maximum absolute atomic E-state index is 11.8. The van der Waals surface area contributed by atoms with Crippen molar-refractivity contribution in [3.63, 3.8) is 0 Å². The molecule has 112 valence electrons. The molecule has 0 aliphatic heterocycles. The highest BCUT2D eigenvalue weighted by molar-refractivity contribution is 5.76. The number of carboxylic acid groups (broad SMARTS) is 1. The van der Waals surface area contributed by atoms with Gasteiger partial charge in [-0.3, -0.25) is 9.59 Å². The third-order valence-corrected chi connectivity index (χ3v) is 3.78. The Morgan fingerprint density at radius 3 is 2.00 bits per heavy atom. The summed E-state index contributed by atoms with van der Waals surface area (Å²) in [6, 6.07) is 0. The van der Waals surface area contributed by atoms with Crippen LogP contribution in [0, 0.1) is 11.8 Å². The van der Waals surface area contributed by atoms with Gasteiger partial charge in [-0.05, 0) is 31.1 Å². The van der Waals surface area contributed by atoms with Gasteiger partial charge < -0.3 is 9.84 Å². The van der Waals surface area contributed by atoms with E-state index >= 15 is 0 Å². The zero-order chi connectivity index (χ0) is 15.1. The molecular weight excluding hydrogens is 244 g/mol. The number of carboxylic acids is 1. The lowest BCUT2D eigenvalue weighted by molar-refractivity contribution is -0.169. The van der Waals surface area contributed by atoms with E-state index in [0.29, 0.717) is 5.92 Å². The van der Waals surface area contributed by atoms with Crippen molar-refractivity contribution < 1.29 is 19.4 Å². The molecule has 0 saturated carbocycles. The van der Waals surface area contributed by atoms with Gasteiger partial charge in [0.25, 0.3) is 0 Å². The summed E-state index contributed by atoms with van der Waals surface area (Å²) < 4.78 is 5.65. The molecule has 0 saturated heterocycles. The van der Waals surface area contributed by atoms with Gasteiger partial charge in [-0.15, -0.1) is 0 Å². The molecule has 1 atom stereocenters. The van der Waals surface area contributed by atoms with Crippen molar-refractivity contribution >= 4 is 11.9 Å². The van der Waals surface area contributed by atoms with Crippen molar-refractivity contribution in [2.24, 2.45) is 11.8 Å². The van der Waals surface area contributed by atoms with E-state index in [9.17, 15) is 9.59 Å². The average Bonchev–Trinajstić information content (AvgIpc) is 2.32. The third-order valence-electron chi connectivity index (χ3n) is 3.78. The fourth-order valence-electron chi connectivity index (χ4n) is 2.60. The molecule has 0 amide bonds. The molecule has 0 bridgehead atoms. The zero-order valence-corrected chi connectivity index (χ0v) is 12.9. The first kappa shape index (κ1) is 17.9. The second-order valence-electron chi connectivity index (χ2n) is 5.67. The van der Waals surface area contributed by atoms with E-state index in [1.807, 2.05) is 13.8 Å². The third kappa shape index (κ3) is 6.08. The van der Waals surface area contributed by atoms with Crippen LogP contribution in [0.5, 0.6) is 0 Å².